The second-order valence-electron chi connectivity index (χ2n) is 4.87. The van der Waals surface area contributed by atoms with Crippen LogP contribution in [0.5, 0.6) is 5.88 Å². The molecule has 0 aliphatic carbocycles. The quantitative estimate of drug-likeness (QED) is 0.866. The lowest BCUT2D eigenvalue weighted by molar-refractivity contribution is -0.154. The summed E-state index contributed by atoms with van der Waals surface area (Å²) in [6.45, 7) is -1.55. The van der Waals surface area contributed by atoms with Gasteiger partial charge in [-0.05, 0) is 36.4 Å². The SMILES string of the molecule is CNC(=O)c1ccc(NC(=O)c2cccnc2OCC(F)(F)F)cc1. The van der Waals surface area contributed by atoms with Crippen LogP contribution in [-0.4, -0.2) is 36.6 Å². The van der Waals surface area contributed by atoms with Crippen LogP contribution in [0.1, 0.15) is 20.7 Å². The maximum absolute atomic E-state index is 12.3. The van der Waals surface area contributed by atoms with Crippen LogP contribution in [-0.2, 0) is 0 Å². The number of rotatable bonds is 5. The Hall–Kier alpha value is -3.10. The summed E-state index contributed by atoms with van der Waals surface area (Å²) < 4.78 is 41.4. The molecule has 0 unspecified atom stereocenters. The number of carbonyl (C=O) groups is 2. The Morgan fingerprint density at radius 1 is 1.12 bits per heavy atom. The number of ether oxygens (including phenoxy) is 1. The van der Waals surface area contributed by atoms with Gasteiger partial charge in [-0.2, -0.15) is 13.2 Å². The molecule has 0 spiro atoms. The van der Waals surface area contributed by atoms with E-state index >= 15 is 0 Å². The van der Waals surface area contributed by atoms with E-state index in [1.54, 1.807) is 0 Å². The predicted molar refractivity (Wildman–Crippen MR) is 83.6 cm³/mol. The number of hydrogen-bond donors (Lipinski definition) is 2. The molecule has 6 nitrogen and oxygen atoms in total. The van der Waals surface area contributed by atoms with E-state index in [9.17, 15) is 22.8 Å². The van der Waals surface area contributed by atoms with Gasteiger partial charge in [0.05, 0.1) is 0 Å². The van der Waals surface area contributed by atoms with E-state index in [1.807, 2.05) is 0 Å². The van der Waals surface area contributed by atoms with Gasteiger partial charge in [0.15, 0.2) is 6.61 Å². The molecule has 1 heterocycles. The Morgan fingerprint density at radius 3 is 2.40 bits per heavy atom. The minimum absolute atomic E-state index is 0.137. The fraction of sp³-hybridized carbons (Fsp3) is 0.188. The lowest BCUT2D eigenvalue weighted by Crippen LogP contribution is -2.22. The van der Waals surface area contributed by atoms with Crippen molar-refractivity contribution in [2.75, 3.05) is 19.0 Å². The number of carbonyl (C=O) groups excluding carboxylic acids is 2. The first-order chi connectivity index (χ1) is 11.8. The van der Waals surface area contributed by atoms with Crippen molar-refractivity contribution in [1.29, 1.82) is 0 Å². The third-order valence-corrected chi connectivity index (χ3v) is 3.02. The highest BCUT2D eigenvalue weighted by Crippen LogP contribution is 2.21. The number of amides is 2. The van der Waals surface area contributed by atoms with Crippen molar-refractivity contribution < 1.29 is 27.5 Å². The first-order valence-corrected chi connectivity index (χ1v) is 7.08. The maximum atomic E-state index is 12.3. The van der Waals surface area contributed by atoms with Gasteiger partial charge in [-0.25, -0.2) is 4.98 Å². The Kier molecular flexibility index (Phi) is 5.58. The summed E-state index contributed by atoms with van der Waals surface area (Å²) in [7, 11) is 1.49. The molecule has 0 bridgehead atoms. The van der Waals surface area contributed by atoms with E-state index in [2.05, 4.69) is 20.4 Å². The average molecular weight is 353 g/mol. The monoisotopic (exact) mass is 353 g/mol. The number of nitrogens with zero attached hydrogens (tertiary/aromatic N) is 1. The number of halogens is 3. The first-order valence-electron chi connectivity index (χ1n) is 7.08. The summed E-state index contributed by atoms with van der Waals surface area (Å²) in [5, 5.41) is 4.97. The number of benzene rings is 1. The first kappa shape index (κ1) is 18.2. The predicted octanol–water partition coefficient (Wildman–Crippen LogP) is 2.63. The summed E-state index contributed by atoms with van der Waals surface area (Å²) in [6, 6.07) is 8.69. The molecule has 0 saturated carbocycles. The molecule has 0 fully saturated rings. The standard InChI is InChI=1S/C16H14F3N3O3/c1-20-13(23)10-4-6-11(7-5-10)22-14(24)12-3-2-8-21-15(12)25-9-16(17,18)19/h2-8H,9H2,1H3,(H,20,23)(H,22,24). The van der Waals surface area contributed by atoms with E-state index < -0.39 is 24.6 Å². The normalized spacial score (nSPS) is 10.9. The van der Waals surface area contributed by atoms with E-state index in [1.165, 1.54) is 49.6 Å². The van der Waals surface area contributed by atoms with Crippen LogP contribution >= 0.6 is 0 Å². The molecule has 0 aliphatic heterocycles. The topological polar surface area (TPSA) is 80.3 Å². The Morgan fingerprint density at radius 2 is 1.80 bits per heavy atom. The van der Waals surface area contributed by atoms with Gasteiger partial charge in [-0.3, -0.25) is 9.59 Å². The number of aromatic nitrogens is 1. The maximum Gasteiger partial charge on any atom is 0.422 e. The minimum Gasteiger partial charge on any atom is -0.467 e. The molecule has 25 heavy (non-hydrogen) atoms. The zero-order valence-corrected chi connectivity index (χ0v) is 13.1. The molecular weight excluding hydrogens is 339 g/mol. The highest BCUT2D eigenvalue weighted by atomic mass is 19.4. The molecule has 0 saturated heterocycles. The van der Waals surface area contributed by atoms with Crippen LogP contribution in [0.3, 0.4) is 0 Å². The number of pyridine rings is 1. The molecule has 1 aromatic heterocycles. The molecule has 0 atom stereocenters. The van der Waals surface area contributed by atoms with Crippen LogP contribution < -0.4 is 15.4 Å². The number of hydrogen-bond acceptors (Lipinski definition) is 4. The Balaban J connectivity index is 2.12. The van der Waals surface area contributed by atoms with Gasteiger partial charge in [-0.15, -0.1) is 0 Å². The van der Waals surface area contributed by atoms with Crippen molar-refractivity contribution >= 4 is 17.5 Å². The van der Waals surface area contributed by atoms with E-state index in [0.717, 1.165) is 0 Å². The Bertz CT molecular complexity index is 761. The third-order valence-electron chi connectivity index (χ3n) is 3.02. The van der Waals surface area contributed by atoms with Gasteiger partial charge < -0.3 is 15.4 Å². The highest BCUT2D eigenvalue weighted by Gasteiger charge is 2.29. The lowest BCUT2D eigenvalue weighted by atomic mass is 10.2. The van der Waals surface area contributed by atoms with E-state index in [-0.39, 0.29) is 11.5 Å². The molecule has 2 aromatic rings. The molecule has 0 aliphatic rings. The van der Waals surface area contributed by atoms with Crippen LogP contribution in [0.25, 0.3) is 0 Å². The zero-order chi connectivity index (χ0) is 18.4. The van der Waals surface area contributed by atoms with Gasteiger partial charge >= 0.3 is 6.18 Å². The second kappa shape index (κ2) is 7.65. The van der Waals surface area contributed by atoms with Crippen molar-refractivity contribution in [3.8, 4) is 5.88 Å². The summed E-state index contributed by atoms with van der Waals surface area (Å²) >= 11 is 0. The highest BCUT2D eigenvalue weighted by molar-refractivity contribution is 6.06. The van der Waals surface area contributed by atoms with Crippen molar-refractivity contribution in [3.63, 3.8) is 0 Å². The smallest absolute Gasteiger partial charge is 0.422 e. The van der Waals surface area contributed by atoms with Crippen LogP contribution in [0.4, 0.5) is 18.9 Å². The van der Waals surface area contributed by atoms with Crippen molar-refractivity contribution in [1.82, 2.24) is 10.3 Å². The molecule has 2 N–H and O–H groups in total. The van der Waals surface area contributed by atoms with E-state index in [0.29, 0.717) is 11.3 Å². The Labute approximate surface area is 141 Å². The van der Waals surface area contributed by atoms with Crippen molar-refractivity contribution in [2.24, 2.45) is 0 Å². The van der Waals surface area contributed by atoms with Crippen molar-refractivity contribution in [2.45, 2.75) is 6.18 Å². The average Bonchev–Trinajstić information content (AvgIpc) is 2.59. The summed E-state index contributed by atoms with van der Waals surface area (Å²) in [5.74, 6) is -1.38. The number of anilines is 1. The van der Waals surface area contributed by atoms with Crippen LogP contribution in [0.2, 0.25) is 0 Å². The fourth-order valence-electron chi connectivity index (χ4n) is 1.88. The zero-order valence-electron chi connectivity index (χ0n) is 13.1. The molecular formula is C16H14F3N3O3. The second-order valence-corrected chi connectivity index (χ2v) is 4.87. The summed E-state index contributed by atoms with van der Waals surface area (Å²) in [4.78, 5) is 27.4. The van der Waals surface area contributed by atoms with Gasteiger partial charge in [0.25, 0.3) is 11.8 Å². The summed E-state index contributed by atoms with van der Waals surface area (Å²) in [6.07, 6.45) is -3.32. The van der Waals surface area contributed by atoms with Gasteiger partial charge in [0.2, 0.25) is 5.88 Å². The van der Waals surface area contributed by atoms with Crippen LogP contribution in [0.15, 0.2) is 42.6 Å². The molecule has 9 heteroatoms. The molecule has 132 valence electrons. The van der Waals surface area contributed by atoms with Gasteiger partial charge in [-0.1, -0.05) is 0 Å². The number of nitrogens with one attached hydrogen (secondary N) is 2. The van der Waals surface area contributed by atoms with Gasteiger partial charge in [0.1, 0.15) is 5.56 Å². The minimum atomic E-state index is -4.54. The molecule has 0 radical (unpaired) electrons. The molecule has 2 rings (SSSR count). The van der Waals surface area contributed by atoms with Crippen LogP contribution in [0, 0.1) is 0 Å². The van der Waals surface area contributed by atoms with Gasteiger partial charge in [0, 0.05) is 24.5 Å². The fourth-order valence-corrected chi connectivity index (χ4v) is 1.88. The van der Waals surface area contributed by atoms with Crippen molar-refractivity contribution in [3.05, 3.63) is 53.7 Å². The lowest BCUT2D eigenvalue weighted by Gasteiger charge is -2.12. The van der Waals surface area contributed by atoms with E-state index in [4.69, 9.17) is 0 Å². The third kappa shape index (κ3) is 5.20. The molecule has 1 aromatic carbocycles. The molecule has 2 amide bonds. The number of alkyl halides is 3. The summed E-state index contributed by atoms with van der Waals surface area (Å²) in [5.41, 5.74) is 0.626. The largest absolute Gasteiger partial charge is 0.467 e.